The number of amides is 1. The molecule has 0 aliphatic carbocycles. The van der Waals surface area contributed by atoms with Gasteiger partial charge in [0.2, 0.25) is 5.91 Å². The Morgan fingerprint density at radius 3 is 2.75 bits per heavy atom. The van der Waals surface area contributed by atoms with Gasteiger partial charge in [0.15, 0.2) is 5.82 Å². The second-order valence-electron chi connectivity index (χ2n) is 3.93. The van der Waals surface area contributed by atoms with E-state index >= 15 is 0 Å². The zero-order chi connectivity index (χ0) is 14.8. The fourth-order valence-corrected chi connectivity index (χ4v) is 1.49. The number of aromatic nitrogens is 3. The van der Waals surface area contributed by atoms with Crippen molar-refractivity contribution in [3.63, 3.8) is 0 Å². The number of hydrogen-bond donors (Lipinski definition) is 2. The summed E-state index contributed by atoms with van der Waals surface area (Å²) in [6, 6.07) is 4.34. The van der Waals surface area contributed by atoms with Crippen LogP contribution in [-0.4, -0.2) is 20.9 Å². The number of carbonyl (C=O) groups excluding carboxylic acids is 1. The first-order valence-corrected chi connectivity index (χ1v) is 5.47. The summed E-state index contributed by atoms with van der Waals surface area (Å²) in [5.74, 6) is -0.406. The number of benzene rings is 1. The lowest BCUT2D eigenvalue weighted by Gasteiger charge is -2.09. The van der Waals surface area contributed by atoms with E-state index in [9.17, 15) is 18.0 Å². The second kappa shape index (κ2) is 5.19. The van der Waals surface area contributed by atoms with Gasteiger partial charge in [0, 0.05) is 5.69 Å². The maximum Gasteiger partial charge on any atom is 0.416 e. The summed E-state index contributed by atoms with van der Waals surface area (Å²) in [6.45, 7) is -0.243. The number of nitrogens with one attached hydrogen (secondary N) is 1. The van der Waals surface area contributed by atoms with Crippen LogP contribution in [0.25, 0.3) is 0 Å². The summed E-state index contributed by atoms with van der Waals surface area (Å²) in [6.07, 6.45) is -3.20. The van der Waals surface area contributed by atoms with Gasteiger partial charge in [-0.25, -0.2) is 0 Å². The van der Waals surface area contributed by atoms with E-state index in [0.29, 0.717) is 0 Å². The molecule has 6 nitrogen and oxygen atoms in total. The van der Waals surface area contributed by atoms with Crippen LogP contribution >= 0.6 is 0 Å². The highest BCUT2D eigenvalue weighted by Crippen LogP contribution is 2.30. The highest BCUT2D eigenvalue weighted by atomic mass is 19.4. The minimum atomic E-state index is -4.46. The topological polar surface area (TPSA) is 85.8 Å². The number of halogens is 3. The van der Waals surface area contributed by atoms with E-state index in [1.165, 1.54) is 18.3 Å². The van der Waals surface area contributed by atoms with Crippen molar-refractivity contribution in [1.29, 1.82) is 0 Å². The number of alkyl halides is 3. The average Bonchev–Trinajstić information content (AvgIpc) is 2.73. The molecule has 106 valence electrons. The predicted octanol–water partition coefficient (Wildman–Crippen LogP) is 1.52. The van der Waals surface area contributed by atoms with Gasteiger partial charge in [0.1, 0.15) is 6.54 Å². The van der Waals surface area contributed by atoms with Crippen LogP contribution in [0.4, 0.5) is 24.7 Å². The number of carbonyl (C=O) groups is 1. The van der Waals surface area contributed by atoms with Crippen molar-refractivity contribution in [2.45, 2.75) is 12.7 Å². The van der Waals surface area contributed by atoms with Crippen LogP contribution in [0.5, 0.6) is 0 Å². The van der Waals surface area contributed by atoms with Gasteiger partial charge >= 0.3 is 6.18 Å². The lowest BCUT2D eigenvalue weighted by Crippen LogP contribution is -2.20. The molecule has 0 atom stereocenters. The molecule has 0 unspecified atom stereocenters. The number of hydrogen-bond acceptors (Lipinski definition) is 4. The van der Waals surface area contributed by atoms with E-state index < -0.39 is 17.6 Å². The fourth-order valence-electron chi connectivity index (χ4n) is 1.49. The molecule has 3 N–H and O–H groups in total. The average molecular weight is 285 g/mol. The Labute approximate surface area is 111 Å². The minimum Gasteiger partial charge on any atom is -0.381 e. The predicted molar refractivity (Wildman–Crippen MR) is 64.5 cm³/mol. The zero-order valence-corrected chi connectivity index (χ0v) is 10.1. The van der Waals surface area contributed by atoms with E-state index in [0.717, 1.165) is 16.9 Å². The van der Waals surface area contributed by atoms with Gasteiger partial charge in [-0.3, -0.25) is 4.79 Å². The summed E-state index contributed by atoms with van der Waals surface area (Å²) in [5.41, 5.74) is 4.53. The Balaban J connectivity index is 2.04. The van der Waals surface area contributed by atoms with Gasteiger partial charge in [-0.15, -0.1) is 5.10 Å². The van der Waals surface area contributed by atoms with Crippen LogP contribution in [0.15, 0.2) is 30.5 Å². The molecule has 2 aromatic rings. The molecule has 0 fully saturated rings. The first-order valence-electron chi connectivity index (χ1n) is 5.47. The zero-order valence-electron chi connectivity index (χ0n) is 10.1. The van der Waals surface area contributed by atoms with Crippen molar-refractivity contribution in [3.8, 4) is 0 Å². The van der Waals surface area contributed by atoms with Crippen molar-refractivity contribution in [2.75, 3.05) is 11.1 Å². The molecule has 0 saturated carbocycles. The van der Waals surface area contributed by atoms with Crippen molar-refractivity contribution >= 4 is 17.4 Å². The third kappa shape index (κ3) is 3.46. The molecule has 0 aliphatic heterocycles. The Morgan fingerprint density at radius 2 is 2.15 bits per heavy atom. The van der Waals surface area contributed by atoms with E-state index in [1.54, 1.807) is 0 Å². The van der Waals surface area contributed by atoms with E-state index in [1.807, 2.05) is 0 Å². The summed E-state index contributed by atoms with van der Waals surface area (Å²) in [5, 5.41) is 9.72. The molecular weight excluding hydrogens is 275 g/mol. The van der Waals surface area contributed by atoms with E-state index in [4.69, 9.17) is 5.73 Å². The van der Waals surface area contributed by atoms with E-state index in [-0.39, 0.29) is 18.1 Å². The maximum absolute atomic E-state index is 12.5. The Bertz CT molecular complexity index is 623. The Morgan fingerprint density at radius 1 is 1.40 bits per heavy atom. The quantitative estimate of drug-likeness (QED) is 0.895. The van der Waals surface area contributed by atoms with Crippen molar-refractivity contribution < 1.29 is 18.0 Å². The van der Waals surface area contributed by atoms with Crippen LogP contribution < -0.4 is 11.1 Å². The molecule has 0 spiro atoms. The normalized spacial score (nSPS) is 11.3. The van der Waals surface area contributed by atoms with Crippen LogP contribution in [0, 0.1) is 0 Å². The molecule has 1 aromatic carbocycles. The minimum absolute atomic E-state index is 0.0463. The van der Waals surface area contributed by atoms with Crippen LogP contribution in [0.1, 0.15) is 5.56 Å². The number of nitrogens with zero attached hydrogens (tertiary/aromatic N) is 3. The molecule has 1 aromatic heterocycles. The lowest BCUT2D eigenvalue weighted by molar-refractivity contribution is -0.137. The number of nitrogen functional groups attached to an aromatic ring is 1. The second-order valence-corrected chi connectivity index (χ2v) is 3.93. The molecule has 1 heterocycles. The van der Waals surface area contributed by atoms with Gasteiger partial charge in [0.05, 0.1) is 11.8 Å². The lowest BCUT2D eigenvalue weighted by atomic mass is 10.2. The Hall–Kier alpha value is -2.58. The van der Waals surface area contributed by atoms with Crippen molar-refractivity contribution in [2.24, 2.45) is 0 Å². The van der Waals surface area contributed by atoms with E-state index in [2.05, 4.69) is 15.5 Å². The van der Waals surface area contributed by atoms with Crippen LogP contribution in [-0.2, 0) is 17.5 Å². The smallest absolute Gasteiger partial charge is 0.381 e. The molecule has 0 saturated heterocycles. The largest absolute Gasteiger partial charge is 0.416 e. The van der Waals surface area contributed by atoms with Crippen LogP contribution in [0.3, 0.4) is 0 Å². The first kappa shape index (κ1) is 13.8. The molecule has 2 rings (SSSR count). The number of anilines is 2. The number of rotatable bonds is 3. The SMILES string of the molecule is Nc1cnn(CC(=O)Nc2cccc(C(F)(F)F)c2)n1. The van der Waals surface area contributed by atoms with Crippen molar-refractivity contribution in [3.05, 3.63) is 36.0 Å². The summed E-state index contributed by atoms with van der Waals surface area (Å²) in [7, 11) is 0. The summed E-state index contributed by atoms with van der Waals surface area (Å²) < 4.78 is 37.5. The maximum atomic E-state index is 12.5. The fraction of sp³-hybridized carbons (Fsp3) is 0.182. The highest BCUT2D eigenvalue weighted by Gasteiger charge is 2.30. The third-order valence-corrected chi connectivity index (χ3v) is 2.31. The molecule has 0 bridgehead atoms. The van der Waals surface area contributed by atoms with Gasteiger partial charge in [-0.2, -0.15) is 23.1 Å². The first-order chi connectivity index (χ1) is 9.34. The Kier molecular flexibility index (Phi) is 3.59. The molecule has 0 aliphatic rings. The molecule has 20 heavy (non-hydrogen) atoms. The summed E-state index contributed by atoms with van der Waals surface area (Å²) in [4.78, 5) is 12.7. The molecular formula is C11H10F3N5O. The molecule has 1 amide bonds. The standard InChI is InChI=1S/C11H10F3N5O/c12-11(13,14)7-2-1-3-8(4-7)17-10(20)6-19-16-5-9(15)18-19/h1-5H,6H2,(H2,15,18)(H,17,20). The monoisotopic (exact) mass is 285 g/mol. The van der Waals surface area contributed by atoms with Gasteiger partial charge < -0.3 is 11.1 Å². The third-order valence-electron chi connectivity index (χ3n) is 2.31. The highest BCUT2D eigenvalue weighted by molar-refractivity contribution is 5.90. The van der Waals surface area contributed by atoms with Gasteiger partial charge in [-0.05, 0) is 18.2 Å². The number of nitrogens with two attached hydrogens (primary N) is 1. The molecule has 9 heteroatoms. The molecule has 0 radical (unpaired) electrons. The van der Waals surface area contributed by atoms with Gasteiger partial charge in [-0.1, -0.05) is 6.07 Å². The van der Waals surface area contributed by atoms with Crippen molar-refractivity contribution in [1.82, 2.24) is 15.0 Å². The van der Waals surface area contributed by atoms with Crippen LogP contribution in [0.2, 0.25) is 0 Å². The van der Waals surface area contributed by atoms with Gasteiger partial charge in [0.25, 0.3) is 0 Å². The summed E-state index contributed by atoms with van der Waals surface area (Å²) >= 11 is 0.